The lowest BCUT2D eigenvalue weighted by molar-refractivity contribution is -0.0735. The van der Waals surface area contributed by atoms with Gasteiger partial charge in [0.25, 0.3) is 0 Å². The molecule has 1 spiro atoms. The van der Waals surface area contributed by atoms with E-state index >= 15 is 0 Å². The molecule has 0 saturated carbocycles. The Morgan fingerprint density at radius 3 is 2.70 bits per heavy atom. The van der Waals surface area contributed by atoms with Crippen LogP contribution in [0.5, 0.6) is 0 Å². The predicted molar refractivity (Wildman–Crippen MR) is 115 cm³/mol. The molecule has 30 heavy (non-hydrogen) atoms. The molecule has 5 rings (SSSR count). The van der Waals surface area contributed by atoms with Crippen LogP contribution in [0.3, 0.4) is 0 Å². The number of primary amides is 1. The summed E-state index contributed by atoms with van der Waals surface area (Å²) in [6, 6.07) is 7.61. The standard InChI is InChI=1S/C21H22N6O2S/c22-17-10-18(26-12-25-17)27-6-4-21(5-7-27)19-13(3-8-29-21)9-16(30-19)15-2-1-14(11-24-15)20(23)28/h1-2,9-12H,3-8H2,(H2,23,28)(H2,22,25,26). The molecule has 1 fully saturated rings. The fourth-order valence-electron chi connectivity index (χ4n) is 4.24. The van der Waals surface area contributed by atoms with Crippen molar-refractivity contribution in [3.8, 4) is 10.6 Å². The van der Waals surface area contributed by atoms with Crippen LogP contribution in [-0.4, -0.2) is 40.6 Å². The molecule has 2 aliphatic rings. The van der Waals surface area contributed by atoms with Crippen molar-refractivity contribution in [2.45, 2.75) is 24.9 Å². The van der Waals surface area contributed by atoms with E-state index < -0.39 is 5.91 Å². The number of ether oxygens (including phenoxy) is 1. The summed E-state index contributed by atoms with van der Waals surface area (Å²) in [5, 5.41) is 0. The van der Waals surface area contributed by atoms with Gasteiger partial charge in [0.2, 0.25) is 5.91 Å². The Labute approximate surface area is 177 Å². The molecule has 1 saturated heterocycles. The highest BCUT2D eigenvalue weighted by molar-refractivity contribution is 7.15. The van der Waals surface area contributed by atoms with Crippen LogP contribution in [0.4, 0.5) is 11.6 Å². The third-order valence-electron chi connectivity index (χ3n) is 5.84. The maximum Gasteiger partial charge on any atom is 0.250 e. The first kappa shape index (κ1) is 19.0. The number of fused-ring (bicyclic) bond motifs is 2. The van der Waals surface area contributed by atoms with Gasteiger partial charge in [-0.1, -0.05) is 0 Å². The van der Waals surface area contributed by atoms with Crippen LogP contribution in [0.1, 0.15) is 33.6 Å². The SMILES string of the molecule is NC(=O)c1ccc(-c2cc3c(s2)C2(CCN(c4cc(N)ncn4)CC2)OCC3)nc1. The van der Waals surface area contributed by atoms with Crippen LogP contribution < -0.4 is 16.4 Å². The summed E-state index contributed by atoms with van der Waals surface area (Å²) in [5.74, 6) is 0.873. The van der Waals surface area contributed by atoms with Crippen molar-refractivity contribution in [3.63, 3.8) is 0 Å². The van der Waals surface area contributed by atoms with E-state index in [1.54, 1.807) is 17.4 Å². The second kappa shape index (κ2) is 7.33. The molecule has 0 atom stereocenters. The van der Waals surface area contributed by atoms with Crippen LogP contribution in [0, 0.1) is 0 Å². The van der Waals surface area contributed by atoms with Crippen molar-refractivity contribution in [3.05, 3.63) is 52.8 Å². The number of nitrogen functional groups attached to an aromatic ring is 1. The smallest absolute Gasteiger partial charge is 0.250 e. The zero-order valence-electron chi connectivity index (χ0n) is 16.4. The molecule has 5 heterocycles. The Kier molecular flexibility index (Phi) is 4.63. The minimum atomic E-state index is -0.468. The molecular weight excluding hydrogens is 400 g/mol. The van der Waals surface area contributed by atoms with Gasteiger partial charge in [-0.2, -0.15) is 0 Å². The van der Waals surface area contributed by atoms with Gasteiger partial charge >= 0.3 is 0 Å². The number of piperidine rings is 1. The molecule has 1 amide bonds. The molecule has 4 N–H and O–H groups in total. The van der Waals surface area contributed by atoms with Crippen molar-refractivity contribution in [2.24, 2.45) is 5.73 Å². The number of nitrogens with zero attached hydrogens (tertiary/aromatic N) is 4. The van der Waals surface area contributed by atoms with E-state index in [0.29, 0.717) is 11.4 Å². The van der Waals surface area contributed by atoms with Gasteiger partial charge in [0.05, 0.1) is 22.7 Å². The molecular formula is C21H22N6O2S. The summed E-state index contributed by atoms with van der Waals surface area (Å²) < 4.78 is 6.39. The first-order chi connectivity index (χ1) is 14.5. The molecule has 154 valence electrons. The second-order valence-electron chi connectivity index (χ2n) is 7.64. The van der Waals surface area contributed by atoms with Gasteiger partial charge in [0.1, 0.15) is 23.6 Å². The number of carbonyl (C=O) groups is 1. The van der Waals surface area contributed by atoms with Crippen LogP contribution in [0.15, 0.2) is 36.8 Å². The van der Waals surface area contributed by atoms with Crippen molar-refractivity contribution in [1.29, 1.82) is 0 Å². The van der Waals surface area contributed by atoms with Gasteiger partial charge in [0.15, 0.2) is 0 Å². The maximum atomic E-state index is 11.3. The molecule has 0 bridgehead atoms. The summed E-state index contributed by atoms with van der Waals surface area (Å²) in [4.78, 5) is 28.7. The number of thiophene rings is 1. The van der Waals surface area contributed by atoms with E-state index in [2.05, 4.69) is 25.9 Å². The number of hydrogen-bond donors (Lipinski definition) is 2. The van der Waals surface area contributed by atoms with E-state index in [4.69, 9.17) is 16.2 Å². The highest BCUT2D eigenvalue weighted by Gasteiger charge is 2.42. The van der Waals surface area contributed by atoms with Crippen LogP contribution in [0.2, 0.25) is 0 Å². The zero-order valence-corrected chi connectivity index (χ0v) is 17.2. The Balaban J connectivity index is 1.40. The number of pyridine rings is 1. The van der Waals surface area contributed by atoms with Gasteiger partial charge in [-0.25, -0.2) is 9.97 Å². The normalized spacial score (nSPS) is 17.7. The highest BCUT2D eigenvalue weighted by atomic mass is 32.1. The first-order valence-corrected chi connectivity index (χ1v) is 10.7. The highest BCUT2D eigenvalue weighted by Crippen LogP contribution is 2.47. The Morgan fingerprint density at radius 2 is 2.00 bits per heavy atom. The van der Waals surface area contributed by atoms with Gasteiger partial charge < -0.3 is 21.1 Å². The average molecular weight is 423 g/mol. The third-order valence-corrected chi connectivity index (χ3v) is 7.23. The predicted octanol–water partition coefficient (Wildman–Crippen LogP) is 2.35. The van der Waals surface area contributed by atoms with Gasteiger partial charge in [-0.15, -0.1) is 11.3 Å². The molecule has 2 aliphatic heterocycles. The van der Waals surface area contributed by atoms with E-state index in [9.17, 15) is 4.79 Å². The van der Waals surface area contributed by atoms with Gasteiger partial charge in [0, 0.05) is 30.2 Å². The van der Waals surface area contributed by atoms with E-state index in [-0.39, 0.29) is 5.60 Å². The topological polar surface area (TPSA) is 120 Å². The van der Waals surface area contributed by atoms with Crippen molar-refractivity contribution >= 4 is 28.9 Å². The summed E-state index contributed by atoms with van der Waals surface area (Å²) in [5.41, 5.74) is 13.5. The number of aromatic nitrogens is 3. The third kappa shape index (κ3) is 3.29. The number of rotatable bonds is 3. The monoisotopic (exact) mass is 422 g/mol. The molecule has 0 aliphatic carbocycles. The number of nitrogens with two attached hydrogens (primary N) is 2. The van der Waals surface area contributed by atoms with Crippen molar-refractivity contribution < 1.29 is 9.53 Å². The minimum Gasteiger partial charge on any atom is -0.384 e. The maximum absolute atomic E-state index is 11.3. The summed E-state index contributed by atoms with van der Waals surface area (Å²) >= 11 is 1.74. The molecule has 8 nitrogen and oxygen atoms in total. The Morgan fingerprint density at radius 1 is 1.17 bits per heavy atom. The first-order valence-electron chi connectivity index (χ1n) is 9.90. The Hall–Kier alpha value is -3.04. The number of carbonyl (C=O) groups excluding carboxylic acids is 1. The van der Waals surface area contributed by atoms with E-state index in [1.165, 1.54) is 23.0 Å². The molecule has 9 heteroatoms. The van der Waals surface area contributed by atoms with Crippen molar-refractivity contribution in [2.75, 3.05) is 30.3 Å². The molecule has 0 radical (unpaired) electrons. The second-order valence-corrected chi connectivity index (χ2v) is 8.69. The molecule has 3 aromatic rings. The number of anilines is 2. The van der Waals surface area contributed by atoms with Gasteiger partial charge in [-0.05, 0) is 43.0 Å². The van der Waals surface area contributed by atoms with Gasteiger partial charge in [-0.3, -0.25) is 9.78 Å². The number of hydrogen-bond acceptors (Lipinski definition) is 8. The molecule has 0 unspecified atom stereocenters. The largest absolute Gasteiger partial charge is 0.384 e. The molecule has 0 aromatic carbocycles. The summed E-state index contributed by atoms with van der Waals surface area (Å²) in [7, 11) is 0. The summed E-state index contributed by atoms with van der Waals surface area (Å²) in [6.07, 6.45) is 5.72. The lowest BCUT2D eigenvalue weighted by Gasteiger charge is -2.44. The number of amides is 1. The molecule has 3 aromatic heterocycles. The lowest BCUT2D eigenvalue weighted by atomic mass is 9.85. The van der Waals surface area contributed by atoms with Crippen LogP contribution in [-0.2, 0) is 16.8 Å². The van der Waals surface area contributed by atoms with Crippen molar-refractivity contribution in [1.82, 2.24) is 15.0 Å². The lowest BCUT2D eigenvalue weighted by Crippen LogP contribution is -2.46. The quantitative estimate of drug-likeness (QED) is 0.665. The fraction of sp³-hybridized carbons (Fsp3) is 0.333. The van der Waals surface area contributed by atoms with E-state index in [1.807, 2.05) is 12.1 Å². The van der Waals surface area contributed by atoms with Crippen LogP contribution in [0.25, 0.3) is 10.6 Å². The average Bonchev–Trinajstić information content (AvgIpc) is 3.20. The minimum absolute atomic E-state index is 0.265. The Bertz CT molecular complexity index is 1090. The fourth-order valence-corrected chi connectivity index (χ4v) is 5.62. The zero-order chi connectivity index (χ0) is 20.7. The van der Waals surface area contributed by atoms with Crippen LogP contribution >= 0.6 is 11.3 Å². The van der Waals surface area contributed by atoms with E-state index in [0.717, 1.165) is 55.3 Å². The summed E-state index contributed by atoms with van der Waals surface area (Å²) in [6.45, 7) is 2.40.